The molecular formula is C9H15NO2. The Hall–Kier alpha value is -0.860. The van der Waals surface area contributed by atoms with E-state index in [1.54, 1.807) is 4.90 Å². The zero-order chi connectivity index (χ0) is 8.97. The molecule has 3 heteroatoms. The van der Waals surface area contributed by atoms with Crippen LogP contribution in [-0.2, 0) is 9.59 Å². The predicted molar refractivity (Wildman–Crippen MR) is 45.7 cm³/mol. The number of unbranched alkanes of at least 4 members (excludes halogenated alkanes) is 1. The summed E-state index contributed by atoms with van der Waals surface area (Å²) < 4.78 is 0. The number of ketones is 1. The number of amides is 1. The molecule has 1 aliphatic rings. The van der Waals surface area contributed by atoms with Crippen LogP contribution in [0, 0.1) is 0 Å². The second-order valence-corrected chi connectivity index (χ2v) is 3.20. The number of rotatable bonds is 3. The van der Waals surface area contributed by atoms with Crippen molar-refractivity contribution in [1.29, 1.82) is 0 Å². The maximum Gasteiger partial charge on any atom is 0.230 e. The van der Waals surface area contributed by atoms with E-state index < -0.39 is 0 Å². The van der Waals surface area contributed by atoms with Crippen LogP contribution in [0.25, 0.3) is 0 Å². The maximum atomic E-state index is 11.2. The van der Waals surface area contributed by atoms with Crippen molar-refractivity contribution in [2.75, 3.05) is 13.1 Å². The normalized spacial score (nSPS) is 18.6. The molecule has 0 radical (unpaired) electrons. The maximum absolute atomic E-state index is 11.2. The van der Waals surface area contributed by atoms with Gasteiger partial charge in [-0.25, -0.2) is 0 Å². The number of Topliss-reactive ketones (excluding diaryl/α,β-unsaturated/α-hetero) is 1. The second kappa shape index (κ2) is 4.24. The van der Waals surface area contributed by atoms with Gasteiger partial charge in [-0.05, 0) is 6.42 Å². The molecule has 1 saturated heterocycles. The Morgan fingerprint density at radius 3 is 2.75 bits per heavy atom. The van der Waals surface area contributed by atoms with E-state index in [4.69, 9.17) is 0 Å². The molecule has 0 aromatic rings. The molecule has 0 aromatic carbocycles. The van der Waals surface area contributed by atoms with Crippen LogP contribution in [0.2, 0.25) is 0 Å². The highest BCUT2D eigenvalue weighted by molar-refractivity contribution is 6.00. The summed E-state index contributed by atoms with van der Waals surface area (Å²) >= 11 is 0. The molecular weight excluding hydrogens is 154 g/mol. The van der Waals surface area contributed by atoms with Crippen molar-refractivity contribution in [1.82, 2.24) is 4.90 Å². The van der Waals surface area contributed by atoms with Gasteiger partial charge in [0.05, 0.1) is 6.42 Å². The third-order valence-electron chi connectivity index (χ3n) is 2.14. The van der Waals surface area contributed by atoms with Crippen molar-refractivity contribution < 1.29 is 9.59 Å². The molecule has 12 heavy (non-hydrogen) atoms. The Morgan fingerprint density at radius 2 is 2.17 bits per heavy atom. The van der Waals surface area contributed by atoms with Gasteiger partial charge in [-0.1, -0.05) is 13.3 Å². The number of carbonyl (C=O) groups is 2. The quantitative estimate of drug-likeness (QED) is 0.590. The van der Waals surface area contributed by atoms with Crippen molar-refractivity contribution in [3.8, 4) is 0 Å². The molecule has 0 N–H and O–H groups in total. The van der Waals surface area contributed by atoms with E-state index in [-0.39, 0.29) is 18.1 Å². The van der Waals surface area contributed by atoms with Crippen molar-refractivity contribution >= 4 is 11.7 Å². The van der Waals surface area contributed by atoms with Crippen LogP contribution in [0.5, 0.6) is 0 Å². The first-order chi connectivity index (χ1) is 5.74. The molecule has 68 valence electrons. The lowest BCUT2D eigenvalue weighted by molar-refractivity contribution is -0.139. The molecule has 1 rings (SSSR count). The van der Waals surface area contributed by atoms with Crippen molar-refractivity contribution in [2.24, 2.45) is 0 Å². The van der Waals surface area contributed by atoms with Crippen LogP contribution in [0.3, 0.4) is 0 Å². The van der Waals surface area contributed by atoms with E-state index in [9.17, 15) is 9.59 Å². The minimum atomic E-state index is 0.0136. The van der Waals surface area contributed by atoms with Crippen molar-refractivity contribution in [3.05, 3.63) is 0 Å². The van der Waals surface area contributed by atoms with Gasteiger partial charge in [-0.15, -0.1) is 0 Å². The van der Waals surface area contributed by atoms with Gasteiger partial charge in [0.15, 0.2) is 0 Å². The lowest BCUT2D eigenvalue weighted by Gasteiger charge is -2.25. The Morgan fingerprint density at radius 1 is 1.42 bits per heavy atom. The van der Waals surface area contributed by atoms with Gasteiger partial charge in [-0.2, -0.15) is 0 Å². The fourth-order valence-corrected chi connectivity index (χ4v) is 1.34. The molecule has 0 spiro atoms. The van der Waals surface area contributed by atoms with Gasteiger partial charge in [0.1, 0.15) is 5.78 Å². The van der Waals surface area contributed by atoms with Crippen LogP contribution in [0.1, 0.15) is 32.6 Å². The molecule has 0 bridgehead atoms. The van der Waals surface area contributed by atoms with Gasteiger partial charge in [0, 0.05) is 19.5 Å². The van der Waals surface area contributed by atoms with Crippen LogP contribution >= 0.6 is 0 Å². The third-order valence-corrected chi connectivity index (χ3v) is 2.14. The second-order valence-electron chi connectivity index (χ2n) is 3.20. The van der Waals surface area contributed by atoms with Gasteiger partial charge in [-0.3, -0.25) is 9.59 Å². The van der Waals surface area contributed by atoms with E-state index in [0.29, 0.717) is 13.0 Å². The topological polar surface area (TPSA) is 37.4 Å². The van der Waals surface area contributed by atoms with Crippen LogP contribution in [0.15, 0.2) is 0 Å². The summed E-state index contributed by atoms with van der Waals surface area (Å²) in [5.74, 6) is 0.104. The molecule has 1 aliphatic heterocycles. The SMILES string of the molecule is CCCCN1CCC(=O)CC1=O. The fraction of sp³-hybridized carbons (Fsp3) is 0.778. The average molecular weight is 169 g/mol. The summed E-state index contributed by atoms with van der Waals surface area (Å²) in [4.78, 5) is 23.9. The van der Waals surface area contributed by atoms with E-state index in [1.165, 1.54) is 0 Å². The minimum Gasteiger partial charge on any atom is -0.342 e. The summed E-state index contributed by atoms with van der Waals surface area (Å²) in [6, 6.07) is 0. The number of hydrogen-bond donors (Lipinski definition) is 0. The van der Waals surface area contributed by atoms with Gasteiger partial charge < -0.3 is 4.90 Å². The molecule has 1 heterocycles. The van der Waals surface area contributed by atoms with Crippen LogP contribution in [-0.4, -0.2) is 29.7 Å². The Kier molecular flexibility index (Phi) is 3.26. The Bertz CT molecular complexity index is 189. The summed E-state index contributed by atoms with van der Waals surface area (Å²) in [6.07, 6.45) is 2.82. The minimum absolute atomic E-state index is 0.0136. The van der Waals surface area contributed by atoms with Crippen LogP contribution < -0.4 is 0 Å². The standard InChI is InChI=1S/C9H15NO2/c1-2-3-5-10-6-4-8(11)7-9(10)12/h2-7H2,1H3. The molecule has 0 aromatic heterocycles. The van der Waals surface area contributed by atoms with Crippen LogP contribution in [0.4, 0.5) is 0 Å². The van der Waals surface area contributed by atoms with Crippen molar-refractivity contribution in [3.63, 3.8) is 0 Å². The molecule has 0 aliphatic carbocycles. The lowest BCUT2D eigenvalue weighted by Crippen LogP contribution is -2.39. The first kappa shape index (κ1) is 9.23. The molecule has 0 unspecified atom stereocenters. The van der Waals surface area contributed by atoms with E-state index in [0.717, 1.165) is 19.4 Å². The Labute approximate surface area is 72.7 Å². The smallest absolute Gasteiger partial charge is 0.230 e. The molecule has 0 saturated carbocycles. The number of piperidine rings is 1. The number of likely N-dealkylation sites (tertiary alicyclic amines) is 1. The van der Waals surface area contributed by atoms with E-state index >= 15 is 0 Å². The number of nitrogens with zero attached hydrogens (tertiary/aromatic N) is 1. The summed E-state index contributed by atoms with van der Waals surface area (Å²) in [5.41, 5.74) is 0. The van der Waals surface area contributed by atoms with Gasteiger partial charge >= 0.3 is 0 Å². The first-order valence-electron chi connectivity index (χ1n) is 4.53. The van der Waals surface area contributed by atoms with E-state index in [1.807, 2.05) is 0 Å². The first-order valence-corrected chi connectivity index (χ1v) is 4.53. The van der Waals surface area contributed by atoms with E-state index in [2.05, 4.69) is 6.92 Å². The summed E-state index contributed by atoms with van der Waals surface area (Å²) in [7, 11) is 0. The molecule has 3 nitrogen and oxygen atoms in total. The largest absolute Gasteiger partial charge is 0.342 e. The highest BCUT2D eigenvalue weighted by Crippen LogP contribution is 2.08. The van der Waals surface area contributed by atoms with Gasteiger partial charge in [0.25, 0.3) is 0 Å². The zero-order valence-corrected chi connectivity index (χ0v) is 7.51. The number of carbonyl (C=O) groups excluding carboxylic acids is 2. The monoisotopic (exact) mass is 169 g/mol. The predicted octanol–water partition coefficient (Wildman–Crippen LogP) is 0.978. The number of hydrogen-bond acceptors (Lipinski definition) is 2. The van der Waals surface area contributed by atoms with Gasteiger partial charge in [0.2, 0.25) is 5.91 Å². The molecule has 1 amide bonds. The van der Waals surface area contributed by atoms with Crippen molar-refractivity contribution in [2.45, 2.75) is 32.6 Å². The highest BCUT2D eigenvalue weighted by Gasteiger charge is 2.22. The summed E-state index contributed by atoms with van der Waals surface area (Å²) in [5, 5.41) is 0. The average Bonchev–Trinajstić information content (AvgIpc) is 2.03. The third kappa shape index (κ3) is 2.32. The Balaban J connectivity index is 2.35. The lowest BCUT2D eigenvalue weighted by atomic mass is 10.1. The highest BCUT2D eigenvalue weighted by atomic mass is 16.2. The fourth-order valence-electron chi connectivity index (χ4n) is 1.34. The zero-order valence-electron chi connectivity index (χ0n) is 7.51. The molecule has 1 fully saturated rings. The molecule has 0 atom stereocenters. The summed E-state index contributed by atoms with van der Waals surface area (Å²) in [6.45, 7) is 3.56.